The van der Waals surface area contributed by atoms with Gasteiger partial charge >= 0.3 is 0 Å². The van der Waals surface area contributed by atoms with E-state index in [-0.39, 0.29) is 5.60 Å². The Kier molecular flexibility index (Phi) is 3.84. The maximum absolute atomic E-state index is 5.64. The van der Waals surface area contributed by atoms with Crippen molar-refractivity contribution in [1.29, 1.82) is 0 Å². The number of fused-ring (bicyclic) bond motifs is 1. The molecule has 0 aliphatic heterocycles. The van der Waals surface area contributed by atoms with E-state index in [4.69, 9.17) is 9.47 Å². The molecule has 0 unspecified atom stereocenters. The number of nitrogens with zero attached hydrogens (tertiary/aromatic N) is 3. The van der Waals surface area contributed by atoms with Crippen molar-refractivity contribution in [3.63, 3.8) is 0 Å². The van der Waals surface area contributed by atoms with Crippen molar-refractivity contribution >= 4 is 17.0 Å². The monoisotopic (exact) mass is 265 g/mol. The molecule has 0 saturated carbocycles. The van der Waals surface area contributed by atoms with E-state index in [0.29, 0.717) is 30.7 Å². The van der Waals surface area contributed by atoms with Crippen molar-refractivity contribution in [2.24, 2.45) is 0 Å². The van der Waals surface area contributed by atoms with Crippen LogP contribution in [-0.2, 0) is 4.74 Å². The fourth-order valence-corrected chi connectivity index (χ4v) is 1.52. The summed E-state index contributed by atoms with van der Waals surface area (Å²) in [6.07, 6.45) is 1.65. The summed E-state index contributed by atoms with van der Waals surface area (Å²) in [6, 6.07) is 0. The molecule has 0 aliphatic carbocycles. The molecule has 2 rings (SSSR count). The zero-order valence-corrected chi connectivity index (χ0v) is 11.6. The smallest absolute Gasteiger partial charge is 0.229 e. The molecule has 19 heavy (non-hydrogen) atoms. The molecule has 0 atom stereocenters. The molecular formula is C12H19N5O2. The predicted molar refractivity (Wildman–Crippen MR) is 72.4 cm³/mol. The molecule has 0 aromatic carbocycles. The number of aromatic amines is 1. The summed E-state index contributed by atoms with van der Waals surface area (Å²) < 4.78 is 11.2. The molecular weight excluding hydrogens is 246 g/mol. The maximum Gasteiger partial charge on any atom is 0.229 e. The second-order valence-electron chi connectivity index (χ2n) is 5.04. The van der Waals surface area contributed by atoms with Crippen molar-refractivity contribution in [3.05, 3.63) is 6.20 Å². The molecule has 2 aromatic heterocycles. The Labute approximate surface area is 111 Å². The van der Waals surface area contributed by atoms with Gasteiger partial charge in [0.2, 0.25) is 11.8 Å². The van der Waals surface area contributed by atoms with Crippen molar-refractivity contribution < 1.29 is 9.47 Å². The first-order valence-electron chi connectivity index (χ1n) is 6.15. The van der Waals surface area contributed by atoms with Crippen molar-refractivity contribution in [2.75, 3.05) is 25.6 Å². The van der Waals surface area contributed by atoms with Gasteiger partial charge in [-0.1, -0.05) is 0 Å². The first kappa shape index (κ1) is 13.5. The summed E-state index contributed by atoms with van der Waals surface area (Å²) in [6.45, 7) is 6.95. The van der Waals surface area contributed by atoms with Gasteiger partial charge in [0.05, 0.1) is 18.4 Å². The van der Waals surface area contributed by atoms with Crippen LogP contribution in [0.25, 0.3) is 11.0 Å². The fraction of sp³-hybridized carbons (Fsp3) is 0.583. The van der Waals surface area contributed by atoms with Crippen LogP contribution < -0.4 is 10.1 Å². The third-order valence-electron chi connectivity index (χ3n) is 2.36. The van der Waals surface area contributed by atoms with Crippen molar-refractivity contribution in [3.8, 4) is 5.88 Å². The highest BCUT2D eigenvalue weighted by Gasteiger charge is 2.12. The Morgan fingerprint density at radius 3 is 2.74 bits per heavy atom. The van der Waals surface area contributed by atoms with E-state index in [1.807, 2.05) is 20.8 Å². The van der Waals surface area contributed by atoms with Gasteiger partial charge in [0, 0.05) is 7.05 Å². The molecule has 7 heteroatoms. The minimum absolute atomic E-state index is 0.171. The van der Waals surface area contributed by atoms with Crippen LogP contribution in [0.2, 0.25) is 0 Å². The second-order valence-corrected chi connectivity index (χ2v) is 5.04. The topological polar surface area (TPSA) is 85.0 Å². The predicted octanol–water partition coefficient (Wildman–Crippen LogP) is 1.59. The lowest BCUT2D eigenvalue weighted by molar-refractivity contribution is -0.0166. The normalized spacial score (nSPS) is 11.8. The van der Waals surface area contributed by atoms with Crippen LogP contribution in [0, 0.1) is 0 Å². The van der Waals surface area contributed by atoms with Crippen molar-refractivity contribution in [2.45, 2.75) is 26.4 Å². The third kappa shape index (κ3) is 3.54. The Balaban J connectivity index is 2.05. The molecule has 0 saturated heterocycles. The molecule has 2 heterocycles. The van der Waals surface area contributed by atoms with Gasteiger partial charge in [-0.2, -0.15) is 15.1 Å². The first-order valence-corrected chi connectivity index (χ1v) is 6.15. The fourth-order valence-electron chi connectivity index (χ4n) is 1.52. The number of aromatic nitrogens is 4. The Morgan fingerprint density at radius 2 is 2.05 bits per heavy atom. The third-order valence-corrected chi connectivity index (χ3v) is 2.36. The van der Waals surface area contributed by atoms with Gasteiger partial charge in [-0.15, -0.1) is 0 Å². The quantitative estimate of drug-likeness (QED) is 0.798. The highest BCUT2D eigenvalue weighted by Crippen LogP contribution is 2.21. The average Bonchev–Trinajstić information content (AvgIpc) is 2.81. The van der Waals surface area contributed by atoms with Crippen LogP contribution in [0.4, 0.5) is 5.95 Å². The molecule has 0 spiro atoms. The van der Waals surface area contributed by atoms with E-state index in [0.717, 1.165) is 5.39 Å². The number of rotatable bonds is 5. The molecule has 104 valence electrons. The Hall–Kier alpha value is -1.89. The molecule has 0 radical (unpaired) electrons. The van der Waals surface area contributed by atoms with Gasteiger partial charge in [0.15, 0.2) is 5.65 Å². The highest BCUT2D eigenvalue weighted by molar-refractivity contribution is 5.80. The van der Waals surface area contributed by atoms with E-state index < -0.39 is 0 Å². The summed E-state index contributed by atoms with van der Waals surface area (Å²) in [7, 11) is 1.75. The van der Waals surface area contributed by atoms with Gasteiger partial charge < -0.3 is 14.8 Å². The SMILES string of the molecule is CNc1nc(OCCOC(C)(C)C)c2cn[nH]c2n1. The van der Waals surface area contributed by atoms with Gasteiger partial charge in [0.1, 0.15) is 12.0 Å². The van der Waals surface area contributed by atoms with E-state index in [9.17, 15) is 0 Å². The lowest BCUT2D eigenvalue weighted by Gasteiger charge is -2.19. The van der Waals surface area contributed by atoms with E-state index in [1.165, 1.54) is 0 Å². The van der Waals surface area contributed by atoms with Crippen LogP contribution in [0.1, 0.15) is 20.8 Å². The summed E-state index contributed by atoms with van der Waals surface area (Å²) in [4.78, 5) is 8.50. The Morgan fingerprint density at radius 1 is 1.26 bits per heavy atom. The van der Waals surface area contributed by atoms with Crippen LogP contribution in [0.5, 0.6) is 5.88 Å². The van der Waals surface area contributed by atoms with Crippen molar-refractivity contribution in [1.82, 2.24) is 20.2 Å². The molecule has 2 aromatic rings. The standard InChI is InChI=1S/C12H19N5O2/c1-12(2,3)19-6-5-18-10-8-7-14-17-9(8)15-11(13-4)16-10/h7H,5-6H2,1-4H3,(H2,13,14,15,16,17). The highest BCUT2D eigenvalue weighted by atomic mass is 16.5. The minimum atomic E-state index is -0.171. The lowest BCUT2D eigenvalue weighted by Crippen LogP contribution is -2.22. The number of anilines is 1. The summed E-state index contributed by atoms with van der Waals surface area (Å²) in [5.41, 5.74) is 0.474. The lowest BCUT2D eigenvalue weighted by atomic mass is 10.2. The van der Waals surface area contributed by atoms with E-state index in [1.54, 1.807) is 13.2 Å². The molecule has 0 aliphatic rings. The molecule has 0 amide bonds. The minimum Gasteiger partial charge on any atom is -0.475 e. The molecule has 0 fully saturated rings. The zero-order valence-electron chi connectivity index (χ0n) is 11.6. The van der Waals surface area contributed by atoms with Gasteiger partial charge in [-0.3, -0.25) is 5.10 Å². The summed E-state index contributed by atoms with van der Waals surface area (Å²) in [5, 5.41) is 10.4. The van der Waals surface area contributed by atoms with Crippen LogP contribution in [0.3, 0.4) is 0 Å². The summed E-state index contributed by atoms with van der Waals surface area (Å²) in [5.74, 6) is 0.990. The van der Waals surface area contributed by atoms with E-state index >= 15 is 0 Å². The molecule has 2 N–H and O–H groups in total. The van der Waals surface area contributed by atoms with Gasteiger partial charge in [-0.25, -0.2) is 0 Å². The molecule has 0 bridgehead atoms. The van der Waals surface area contributed by atoms with Crippen LogP contribution >= 0.6 is 0 Å². The number of ether oxygens (including phenoxy) is 2. The number of H-pyrrole nitrogens is 1. The number of hydrogen-bond acceptors (Lipinski definition) is 6. The van der Waals surface area contributed by atoms with E-state index in [2.05, 4.69) is 25.5 Å². The van der Waals surface area contributed by atoms with Crippen LogP contribution in [-0.4, -0.2) is 46.0 Å². The first-order chi connectivity index (χ1) is 8.99. The number of hydrogen-bond donors (Lipinski definition) is 2. The van der Waals surface area contributed by atoms with Crippen LogP contribution in [0.15, 0.2) is 6.20 Å². The second kappa shape index (κ2) is 5.40. The maximum atomic E-state index is 5.64. The summed E-state index contributed by atoms with van der Waals surface area (Å²) >= 11 is 0. The van der Waals surface area contributed by atoms with Gasteiger partial charge in [-0.05, 0) is 20.8 Å². The zero-order chi connectivity index (χ0) is 13.9. The number of nitrogens with one attached hydrogen (secondary N) is 2. The molecule has 7 nitrogen and oxygen atoms in total. The largest absolute Gasteiger partial charge is 0.475 e. The Bertz CT molecular complexity index is 547. The van der Waals surface area contributed by atoms with Gasteiger partial charge in [0.25, 0.3) is 0 Å². The average molecular weight is 265 g/mol.